The Kier molecular flexibility index (Phi) is 24.3. The van der Waals surface area contributed by atoms with Crippen molar-refractivity contribution in [1.29, 1.82) is 0 Å². The van der Waals surface area contributed by atoms with Gasteiger partial charge in [-0.05, 0) is 46.6 Å². The first-order valence-electron chi connectivity index (χ1n) is 18.7. The van der Waals surface area contributed by atoms with Gasteiger partial charge >= 0.3 is 0 Å². The zero-order valence-corrected chi connectivity index (χ0v) is 34.0. The standard InChI is InChI=1S/C29H55N5O8.C7H8.C3H8/c1-10-18(2)24(33(7)23(37)17-32-28(39)26(30-6)29(4,5)40)21(41-8)16-22(36)34-14-11-12-20(34)25(42-9)19(3)27(38)31-13-15-35;1-7-5-3-2-4-6-7;1-3-2/h18-21,24-26,30,35,40H,10-17H2,1-9H3,(H,31,38)(H,32,39);2-6H,1H3;3H2,1-2H3. The van der Waals surface area contributed by atoms with E-state index in [-0.39, 0.29) is 55.8 Å². The highest BCUT2D eigenvalue weighted by Crippen LogP contribution is 2.29. The summed E-state index contributed by atoms with van der Waals surface area (Å²) in [5.41, 5.74) is -0.00679. The number of aliphatic hydroxyl groups is 2. The molecule has 5 N–H and O–H groups in total. The summed E-state index contributed by atoms with van der Waals surface area (Å²) >= 11 is 0. The summed E-state index contributed by atoms with van der Waals surface area (Å²) in [6.45, 7) is 15.3. The second kappa shape index (κ2) is 25.8. The van der Waals surface area contributed by atoms with Crippen LogP contribution in [0, 0.1) is 18.8 Å². The van der Waals surface area contributed by atoms with Crippen LogP contribution in [0.15, 0.2) is 30.3 Å². The quantitative estimate of drug-likeness (QED) is 0.152. The summed E-state index contributed by atoms with van der Waals surface area (Å²) in [6.07, 6.45) is 2.30. The van der Waals surface area contributed by atoms with Crippen LogP contribution in [0.5, 0.6) is 0 Å². The maximum Gasteiger partial charge on any atom is 0.242 e. The van der Waals surface area contributed by atoms with E-state index in [1.54, 1.807) is 25.9 Å². The molecule has 1 aliphatic rings. The fourth-order valence-electron chi connectivity index (χ4n) is 6.39. The van der Waals surface area contributed by atoms with Crippen molar-refractivity contribution < 1.29 is 38.9 Å². The Morgan fingerprint density at radius 3 is 2.06 bits per heavy atom. The van der Waals surface area contributed by atoms with Gasteiger partial charge in [0.25, 0.3) is 0 Å². The second-order valence-corrected chi connectivity index (χ2v) is 14.1. The first-order valence-corrected chi connectivity index (χ1v) is 18.7. The van der Waals surface area contributed by atoms with Gasteiger partial charge in [0.05, 0.1) is 55.4 Å². The third kappa shape index (κ3) is 16.3. The number of hydrogen-bond donors (Lipinski definition) is 5. The monoisotopic (exact) mass is 738 g/mol. The van der Waals surface area contributed by atoms with E-state index in [1.807, 2.05) is 32.0 Å². The lowest BCUT2D eigenvalue weighted by Gasteiger charge is -2.39. The normalized spacial score (nSPS) is 17.5. The van der Waals surface area contributed by atoms with E-state index in [1.165, 1.54) is 45.0 Å². The maximum absolute atomic E-state index is 13.7. The molecule has 0 bridgehead atoms. The van der Waals surface area contributed by atoms with Crippen LogP contribution in [0.2, 0.25) is 0 Å². The number of benzene rings is 1. The highest BCUT2D eigenvalue weighted by molar-refractivity contribution is 5.88. The van der Waals surface area contributed by atoms with Gasteiger partial charge in [-0.3, -0.25) is 19.2 Å². The number of ether oxygens (including phenoxy) is 2. The lowest BCUT2D eigenvalue weighted by molar-refractivity contribution is -0.146. The van der Waals surface area contributed by atoms with Gasteiger partial charge in [-0.25, -0.2) is 0 Å². The molecule has 2 rings (SSSR count). The van der Waals surface area contributed by atoms with Crippen LogP contribution in [-0.2, 0) is 28.7 Å². The number of aliphatic hydroxyl groups excluding tert-OH is 1. The summed E-state index contributed by atoms with van der Waals surface area (Å²) in [5.74, 6) is -1.82. The molecular weight excluding hydrogens is 666 g/mol. The van der Waals surface area contributed by atoms with E-state index in [4.69, 9.17) is 14.6 Å². The van der Waals surface area contributed by atoms with Crippen LogP contribution in [-0.4, -0.2) is 134 Å². The van der Waals surface area contributed by atoms with E-state index < -0.39 is 41.7 Å². The van der Waals surface area contributed by atoms with Crippen molar-refractivity contribution in [3.05, 3.63) is 35.9 Å². The van der Waals surface area contributed by atoms with Crippen molar-refractivity contribution in [3.63, 3.8) is 0 Å². The molecule has 13 heteroatoms. The molecule has 52 heavy (non-hydrogen) atoms. The predicted octanol–water partition coefficient (Wildman–Crippen LogP) is 2.90. The van der Waals surface area contributed by atoms with Crippen molar-refractivity contribution in [3.8, 4) is 0 Å². The van der Waals surface area contributed by atoms with Crippen molar-refractivity contribution in [2.75, 3.05) is 54.6 Å². The number of aryl methyl sites for hydroxylation is 1. The topological polar surface area (TPSA) is 170 Å². The van der Waals surface area contributed by atoms with E-state index in [0.717, 1.165) is 12.8 Å². The minimum Gasteiger partial charge on any atom is -0.395 e. The second-order valence-electron chi connectivity index (χ2n) is 14.1. The van der Waals surface area contributed by atoms with Crippen LogP contribution in [0.4, 0.5) is 0 Å². The highest BCUT2D eigenvalue weighted by Gasteiger charge is 2.42. The summed E-state index contributed by atoms with van der Waals surface area (Å²) < 4.78 is 11.5. The largest absolute Gasteiger partial charge is 0.395 e. The summed E-state index contributed by atoms with van der Waals surface area (Å²) in [5, 5.41) is 27.3. The molecule has 0 spiro atoms. The molecule has 0 aromatic heterocycles. The van der Waals surface area contributed by atoms with Gasteiger partial charge in [0.15, 0.2) is 0 Å². The zero-order valence-electron chi connectivity index (χ0n) is 34.0. The molecule has 0 aliphatic carbocycles. The molecule has 1 heterocycles. The SMILES string of the molecule is CCC.CCC(C)C(C(CC(=O)N1CCCC1C(OC)C(C)C(=O)NCCO)OC)N(C)C(=O)CNC(=O)C(NC)C(C)(C)O.Cc1ccccc1. The fourth-order valence-corrected chi connectivity index (χ4v) is 6.39. The first-order chi connectivity index (χ1) is 24.5. The molecular formula is C39H71N5O8. The number of nitrogens with one attached hydrogen (secondary N) is 3. The minimum absolute atomic E-state index is 0.0219. The Morgan fingerprint density at radius 1 is 1.02 bits per heavy atom. The summed E-state index contributed by atoms with van der Waals surface area (Å²) in [6, 6.07) is 8.60. The number of methoxy groups -OCH3 is 2. The van der Waals surface area contributed by atoms with E-state index in [0.29, 0.717) is 13.0 Å². The molecule has 7 atom stereocenters. The van der Waals surface area contributed by atoms with E-state index in [9.17, 15) is 24.3 Å². The number of nitrogens with zero attached hydrogens (tertiary/aromatic N) is 2. The zero-order chi connectivity index (χ0) is 40.0. The van der Waals surface area contributed by atoms with Gasteiger partial charge in [-0.1, -0.05) is 83.4 Å². The Bertz CT molecular complexity index is 1170. The number of likely N-dealkylation sites (N-methyl/N-ethyl adjacent to an activating group) is 2. The fraction of sp³-hybridized carbons (Fsp3) is 0.744. The maximum atomic E-state index is 13.7. The van der Waals surface area contributed by atoms with E-state index >= 15 is 0 Å². The number of hydrogen-bond acceptors (Lipinski definition) is 9. The Balaban J connectivity index is 0.00000224. The smallest absolute Gasteiger partial charge is 0.242 e. The van der Waals surface area contributed by atoms with Gasteiger partial charge in [0.2, 0.25) is 23.6 Å². The van der Waals surface area contributed by atoms with Crippen LogP contribution in [0.3, 0.4) is 0 Å². The summed E-state index contributed by atoms with van der Waals surface area (Å²) in [7, 11) is 6.24. The molecule has 1 saturated heterocycles. The van der Waals surface area contributed by atoms with Gasteiger partial charge in [-0.2, -0.15) is 0 Å². The lowest BCUT2D eigenvalue weighted by atomic mass is 9.90. The number of rotatable bonds is 18. The molecule has 0 saturated carbocycles. The number of likely N-dealkylation sites (tertiary alicyclic amines) is 1. The Hall–Kier alpha value is -3.10. The summed E-state index contributed by atoms with van der Waals surface area (Å²) in [4.78, 5) is 55.4. The lowest BCUT2D eigenvalue weighted by Crippen LogP contribution is -2.57. The molecule has 1 aliphatic heterocycles. The van der Waals surface area contributed by atoms with Gasteiger partial charge in [-0.15, -0.1) is 0 Å². The molecule has 1 aromatic carbocycles. The number of carbonyl (C=O) groups excluding carboxylic acids is 4. The first kappa shape index (κ1) is 48.9. The van der Waals surface area contributed by atoms with Crippen molar-refractivity contribution in [2.45, 2.75) is 123 Å². The average Bonchev–Trinajstić information content (AvgIpc) is 3.59. The molecule has 4 amide bonds. The average molecular weight is 738 g/mol. The van der Waals surface area contributed by atoms with Crippen LogP contribution in [0.25, 0.3) is 0 Å². The molecule has 1 fully saturated rings. The molecule has 300 valence electrons. The molecule has 13 nitrogen and oxygen atoms in total. The van der Waals surface area contributed by atoms with Crippen LogP contribution in [0.1, 0.15) is 86.1 Å². The third-order valence-corrected chi connectivity index (χ3v) is 9.33. The third-order valence-electron chi connectivity index (χ3n) is 9.33. The van der Waals surface area contributed by atoms with Crippen molar-refractivity contribution in [2.24, 2.45) is 11.8 Å². The Morgan fingerprint density at radius 2 is 1.62 bits per heavy atom. The Labute approximate surface area is 313 Å². The van der Waals surface area contributed by atoms with Crippen molar-refractivity contribution >= 4 is 23.6 Å². The molecule has 7 unspecified atom stereocenters. The van der Waals surface area contributed by atoms with Crippen LogP contribution < -0.4 is 16.0 Å². The predicted molar refractivity (Wildman–Crippen MR) is 206 cm³/mol. The van der Waals surface area contributed by atoms with E-state index in [2.05, 4.69) is 48.9 Å². The molecule has 0 radical (unpaired) electrons. The highest BCUT2D eigenvalue weighted by atomic mass is 16.5. The number of amides is 4. The van der Waals surface area contributed by atoms with Gasteiger partial charge < -0.3 is 45.4 Å². The van der Waals surface area contributed by atoms with Crippen LogP contribution >= 0.6 is 0 Å². The van der Waals surface area contributed by atoms with Crippen molar-refractivity contribution in [1.82, 2.24) is 25.8 Å². The van der Waals surface area contributed by atoms with Gasteiger partial charge in [0, 0.05) is 34.4 Å². The molecule has 1 aromatic rings. The van der Waals surface area contributed by atoms with Gasteiger partial charge in [0.1, 0.15) is 6.04 Å². The minimum atomic E-state index is -1.33. The number of carbonyl (C=O) groups is 4.